The van der Waals surface area contributed by atoms with E-state index < -0.39 is 11.9 Å². The van der Waals surface area contributed by atoms with E-state index in [-0.39, 0.29) is 0 Å². The van der Waals surface area contributed by atoms with Gasteiger partial charge >= 0.3 is 5.97 Å². The minimum Gasteiger partial charge on any atom is -0.539 e. The number of carbonyl (C=O) groups is 2. The maximum atomic E-state index is 9.04. The average Bonchev–Trinajstić information content (AvgIpc) is 2.93. The summed E-state index contributed by atoms with van der Waals surface area (Å²) in [5.41, 5.74) is 0. The van der Waals surface area contributed by atoms with Crippen LogP contribution in [0.25, 0.3) is 0 Å². The average molecular weight is 323 g/mol. The van der Waals surface area contributed by atoms with Crippen molar-refractivity contribution in [1.82, 2.24) is 0 Å². The number of carboxylic acids is 2. The molecule has 0 aromatic heterocycles. The molecule has 118 valence electrons. The Kier molecular flexibility index (Phi) is 12.1. The molecule has 2 N–H and O–H groups in total. The highest BCUT2D eigenvalue weighted by Gasteiger charge is 2.26. The largest absolute Gasteiger partial charge is 0.539 e. The maximum absolute atomic E-state index is 9.04. The third-order valence-electron chi connectivity index (χ3n) is 3.08. The Bertz CT molecular complexity index is 264. The Balaban J connectivity index is 0.000000511. The van der Waals surface area contributed by atoms with Gasteiger partial charge in [-0.15, -0.1) is 0 Å². The lowest BCUT2D eigenvalue weighted by atomic mass is 10.2. The van der Waals surface area contributed by atoms with Gasteiger partial charge in [0.25, 0.3) is 0 Å². The molecular formula is C13H25NO4S2. The van der Waals surface area contributed by atoms with Crippen LogP contribution >= 0.6 is 21.6 Å². The molecule has 7 heteroatoms. The summed E-state index contributed by atoms with van der Waals surface area (Å²) < 4.78 is 0. The second-order valence-corrected chi connectivity index (χ2v) is 7.28. The summed E-state index contributed by atoms with van der Waals surface area (Å²) in [5.74, 6) is -1.24. The molecule has 0 spiro atoms. The predicted octanol–water partition coefficient (Wildman–Crippen LogP) is 0.0560. The number of carboxylic acid groups (broad SMARTS) is 2. The number of quaternary nitrogens is 1. The van der Waals surface area contributed by atoms with Crippen LogP contribution in [0, 0.1) is 0 Å². The van der Waals surface area contributed by atoms with E-state index in [2.05, 4.69) is 35.4 Å². The maximum Gasteiger partial charge on any atom is 0.351 e. The molecule has 1 aliphatic heterocycles. The summed E-state index contributed by atoms with van der Waals surface area (Å²) in [4.78, 5) is 19.9. The Hall–Kier alpha value is -0.400. The molecule has 1 heterocycles. The molecule has 0 bridgehead atoms. The first-order chi connectivity index (χ1) is 9.52. The molecule has 0 aromatic carbocycles. The van der Waals surface area contributed by atoms with Gasteiger partial charge in [-0.3, -0.25) is 0 Å². The van der Waals surface area contributed by atoms with Crippen LogP contribution in [-0.2, 0) is 9.59 Å². The van der Waals surface area contributed by atoms with Crippen LogP contribution in [0.5, 0.6) is 0 Å². The Morgan fingerprint density at radius 1 is 1.15 bits per heavy atom. The monoisotopic (exact) mass is 323 g/mol. The third-order valence-corrected chi connectivity index (χ3v) is 5.64. The fourth-order valence-corrected chi connectivity index (χ4v) is 4.83. The van der Waals surface area contributed by atoms with Gasteiger partial charge in [0.2, 0.25) is 0 Å². The molecule has 0 aromatic rings. The van der Waals surface area contributed by atoms with Gasteiger partial charge in [0.1, 0.15) is 6.04 Å². The summed E-state index contributed by atoms with van der Waals surface area (Å²) >= 11 is 0. The first-order valence-corrected chi connectivity index (χ1v) is 9.54. The Morgan fingerprint density at radius 2 is 1.55 bits per heavy atom. The molecule has 5 nitrogen and oxygen atoms in total. The van der Waals surface area contributed by atoms with E-state index in [1.807, 2.05) is 4.90 Å². The molecule has 1 aliphatic rings. The lowest BCUT2D eigenvalue weighted by molar-refractivity contribution is -0.920. The lowest BCUT2D eigenvalue weighted by Gasteiger charge is -2.24. The van der Waals surface area contributed by atoms with E-state index in [0.717, 1.165) is 6.04 Å². The van der Waals surface area contributed by atoms with Crippen molar-refractivity contribution in [2.75, 3.05) is 24.6 Å². The molecule has 1 fully saturated rings. The fourth-order valence-electron chi connectivity index (χ4n) is 1.89. The van der Waals surface area contributed by atoms with Crippen LogP contribution in [-0.4, -0.2) is 47.7 Å². The van der Waals surface area contributed by atoms with E-state index in [9.17, 15) is 0 Å². The molecule has 20 heavy (non-hydrogen) atoms. The van der Waals surface area contributed by atoms with Crippen molar-refractivity contribution in [2.24, 2.45) is 0 Å². The van der Waals surface area contributed by atoms with Crippen LogP contribution in [0.2, 0.25) is 0 Å². The van der Waals surface area contributed by atoms with Gasteiger partial charge < -0.3 is 19.9 Å². The third kappa shape index (κ3) is 9.50. The first kappa shape index (κ1) is 19.6. The van der Waals surface area contributed by atoms with Crippen molar-refractivity contribution in [1.29, 1.82) is 0 Å². The molecule has 0 radical (unpaired) electrons. The van der Waals surface area contributed by atoms with Crippen LogP contribution < -0.4 is 10.0 Å². The van der Waals surface area contributed by atoms with Gasteiger partial charge in [-0.25, -0.2) is 4.79 Å². The summed E-state index contributed by atoms with van der Waals surface area (Å²) in [5, 5.41) is 16.3. The van der Waals surface area contributed by atoms with Crippen molar-refractivity contribution < 1.29 is 24.7 Å². The molecule has 0 saturated carbocycles. The quantitative estimate of drug-likeness (QED) is 0.509. The zero-order chi connectivity index (χ0) is 15.4. The molecular weight excluding hydrogens is 298 g/mol. The zero-order valence-corrected chi connectivity index (χ0v) is 13.9. The molecule has 0 amide bonds. The van der Waals surface area contributed by atoms with Crippen molar-refractivity contribution in [2.45, 2.75) is 45.6 Å². The van der Waals surface area contributed by atoms with Crippen LogP contribution in [0.15, 0.2) is 0 Å². The van der Waals surface area contributed by atoms with Gasteiger partial charge in [0.15, 0.2) is 5.97 Å². The van der Waals surface area contributed by atoms with Crippen molar-refractivity contribution in [3.05, 3.63) is 0 Å². The smallest absolute Gasteiger partial charge is 0.351 e. The van der Waals surface area contributed by atoms with Gasteiger partial charge in [-0.2, -0.15) is 0 Å². The SMILES string of the molecule is CCCC[NH+](CCCC)C1CSSC1.O=C([O-])C(=O)O. The topological polar surface area (TPSA) is 81.9 Å². The summed E-state index contributed by atoms with van der Waals surface area (Å²) in [6.07, 6.45) is 5.51. The number of unbranched alkanes of at least 4 members (excludes halogenated alkanes) is 2. The second-order valence-electron chi connectivity index (χ2n) is 4.72. The van der Waals surface area contributed by atoms with Crippen LogP contribution in [0.3, 0.4) is 0 Å². The fraction of sp³-hybridized carbons (Fsp3) is 0.846. The van der Waals surface area contributed by atoms with E-state index in [1.165, 1.54) is 50.3 Å². The molecule has 0 aliphatic carbocycles. The lowest BCUT2D eigenvalue weighted by Crippen LogP contribution is -3.16. The highest BCUT2D eigenvalue weighted by atomic mass is 33.1. The standard InChI is InChI=1S/C11H23NS2.C2H2O4/c1-3-5-7-12(8-6-4-2)11-9-13-14-10-11;3-1(4)2(5)6/h11H,3-10H2,1-2H3;(H,3,4)(H,5,6). The Labute approximate surface area is 128 Å². The molecule has 1 rings (SSSR count). The van der Waals surface area contributed by atoms with E-state index in [4.69, 9.17) is 19.8 Å². The number of aliphatic carboxylic acids is 2. The number of hydrogen-bond donors (Lipinski definition) is 2. The normalized spacial score (nSPS) is 14.9. The summed E-state index contributed by atoms with van der Waals surface area (Å²) in [7, 11) is 4.15. The minimum atomic E-state index is -2.07. The number of nitrogens with one attached hydrogen (secondary N) is 1. The highest BCUT2D eigenvalue weighted by molar-refractivity contribution is 8.77. The highest BCUT2D eigenvalue weighted by Crippen LogP contribution is 2.29. The van der Waals surface area contributed by atoms with E-state index >= 15 is 0 Å². The van der Waals surface area contributed by atoms with E-state index in [1.54, 1.807) is 0 Å². The number of carbonyl (C=O) groups excluding carboxylic acids is 1. The summed E-state index contributed by atoms with van der Waals surface area (Å²) in [6, 6.07) is 0.947. The predicted molar refractivity (Wildman–Crippen MR) is 81.9 cm³/mol. The van der Waals surface area contributed by atoms with Crippen LogP contribution in [0.4, 0.5) is 0 Å². The number of hydrogen-bond acceptors (Lipinski definition) is 5. The van der Waals surface area contributed by atoms with Gasteiger partial charge in [-0.1, -0.05) is 48.3 Å². The van der Waals surface area contributed by atoms with Crippen LogP contribution in [0.1, 0.15) is 39.5 Å². The molecule has 0 atom stereocenters. The van der Waals surface area contributed by atoms with Gasteiger partial charge in [0.05, 0.1) is 24.6 Å². The van der Waals surface area contributed by atoms with Crippen molar-refractivity contribution in [3.63, 3.8) is 0 Å². The van der Waals surface area contributed by atoms with Crippen molar-refractivity contribution >= 4 is 33.5 Å². The van der Waals surface area contributed by atoms with Gasteiger partial charge in [-0.05, 0) is 12.8 Å². The second kappa shape index (κ2) is 12.3. The molecule has 1 saturated heterocycles. The minimum absolute atomic E-state index is 0.947. The summed E-state index contributed by atoms with van der Waals surface area (Å²) in [6.45, 7) is 7.41. The number of rotatable bonds is 7. The zero-order valence-electron chi connectivity index (χ0n) is 12.2. The Morgan fingerprint density at radius 3 is 1.85 bits per heavy atom. The van der Waals surface area contributed by atoms with Crippen molar-refractivity contribution in [3.8, 4) is 0 Å². The van der Waals surface area contributed by atoms with E-state index in [0.29, 0.717) is 0 Å². The van der Waals surface area contributed by atoms with Gasteiger partial charge in [0, 0.05) is 0 Å². The molecule has 0 unspecified atom stereocenters. The first-order valence-electron chi connectivity index (χ1n) is 7.06.